The molecule has 1 aromatic rings. The summed E-state index contributed by atoms with van der Waals surface area (Å²) < 4.78 is 5.12. The molecule has 20 heavy (non-hydrogen) atoms. The number of carbonyl (C=O) groups is 2. The van der Waals surface area contributed by atoms with Gasteiger partial charge in [-0.1, -0.05) is 26.0 Å². The van der Waals surface area contributed by atoms with Crippen LogP contribution in [0.15, 0.2) is 24.3 Å². The summed E-state index contributed by atoms with van der Waals surface area (Å²) in [5.41, 5.74) is 0.00425. The van der Waals surface area contributed by atoms with Crippen LogP contribution in [0.1, 0.15) is 37.0 Å². The second-order valence-corrected chi connectivity index (χ2v) is 4.41. The Hall–Kier alpha value is -1.88. The van der Waals surface area contributed by atoms with E-state index in [2.05, 4.69) is 18.7 Å². The molecule has 5 heteroatoms. The topological polar surface area (TPSA) is 66.8 Å². The van der Waals surface area contributed by atoms with E-state index in [1.165, 1.54) is 12.1 Å². The molecule has 1 rings (SSSR count). The Bertz CT molecular complexity index is 455. The van der Waals surface area contributed by atoms with Crippen molar-refractivity contribution in [3.8, 4) is 5.75 Å². The Balaban J connectivity index is 2.49. The maximum absolute atomic E-state index is 11.7. The second kappa shape index (κ2) is 8.32. The number of esters is 1. The molecule has 0 spiro atoms. The number of carbonyl (C=O) groups excluding carboxylic acids is 1. The van der Waals surface area contributed by atoms with Crippen LogP contribution in [-0.4, -0.2) is 41.6 Å². The minimum absolute atomic E-state index is 0.00425. The number of nitrogens with zero attached hydrogens (tertiary/aromatic N) is 1. The molecule has 0 amide bonds. The molecule has 0 unspecified atom stereocenters. The molecule has 0 aromatic heterocycles. The lowest BCUT2D eigenvalue weighted by Crippen LogP contribution is -2.25. The maximum atomic E-state index is 11.7. The SMILES string of the molecule is CCN(CC)CCCC(=O)Oc1ccccc1C(=O)O. The second-order valence-electron chi connectivity index (χ2n) is 4.41. The van der Waals surface area contributed by atoms with E-state index in [1.54, 1.807) is 12.1 Å². The van der Waals surface area contributed by atoms with E-state index >= 15 is 0 Å². The maximum Gasteiger partial charge on any atom is 0.339 e. The molecule has 0 aliphatic heterocycles. The van der Waals surface area contributed by atoms with E-state index < -0.39 is 11.9 Å². The van der Waals surface area contributed by atoms with Gasteiger partial charge in [0.1, 0.15) is 11.3 Å². The zero-order valence-corrected chi connectivity index (χ0v) is 12.0. The van der Waals surface area contributed by atoms with Gasteiger partial charge in [-0.15, -0.1) is 0 Å². The first-order valence-electron chi connectivity index (χ1n) is 6.83. The number of aromatic carboxylic acids is 1. The van der Waals surface area contributed by atoms with E-state index in [9.17, 15) is 9.59 Å². The van der Waals surface area contributed by atoms with Crippen molar-refractivity contribution < 1.29 is 19.4 Å². The van der Waals surface area contributed by atoms with Crippen molar-refractivity contribution in [3.63, 3.8) is 0 Å². The largest absolute Gasteiger partial charge is 0.478 e. The molecular formula is C15H21NO4. The molecule has 110 valence electrons. The van der Waals surface area contributed by atoms with Crippen molar-refractivity contribution in [2.24, 2.45) is 0 Å². The third-order valence-electron chi connectivity index (χ3n) is 3.09. The van der Waals surface area contributed by atoms with Gasteiger partial charge >= 0.3 is 11.9 Å². The van der Waals surface area contributed by atoms with Crippen LogP contribution in [-0.2, 0) is 4.79 Å². The van der Waals surface area contributed by atoms with Crippen molar-refractivity contribution in [1.29, 1.82) is 0 Å². The lowest BCUT2D eigenvalue weighted by molar-refractivity contribution is -0.134. The highest BCUT2D eigenvalue weighted by molar-refractivity contribution is 5.91. The molecule has 0 bridgehead atoms. The number of carboxylic acid groups (broad SMARTS) is 1. The summed E-state index contributed by atoms with van der Waals surface area (Å²) in [5, 5.41) is 8.99. The van der Waals surface area contributed by atoms with Crippen LogP contribution in [0.25, 0.3) is 0 Å². The fourth-order valence-electron chi connectivity index (χ4n) is 1.89. The number of carboxylic acids is 1. The highest BCUT2D eigenvalue weighted by atomic mass is 16.5. The van der Waals surface area contributed by atoms with E-state index in [0.29, 0.717) is 6.42 Å². The Morgan fingerprint density at radius 2 is 1.85 bits per heavy atom. The first-order chi connectivity index (χ1) is 9.58. The summed E-state index contributed by atoms with van der Waals surface area (Å²) in [6.45, 7) is 6.89. The number of benzene rings is 1. The molecule has 0 heterocycles. The summed E-state index contributed by atoms with van der Waals surface area (Å²) in [6, 6.07) is 6.15. The van der Waals surface area contributed by atoms with Gasteiger partial charge in [0.15, 0.2) is 0 Å². The highest BCUT2D eigenvalue weighted by Gasteiger charge is 2.13. The van der Waals surface area contributed by atoms with E-state index in [-0.39, 0.29) is 17.7 Å². The van der Waals surface area contributed by atoms with Crippen LogP contribution < -0.4 is 4.74 Å². The van der Waals surface area contributed by atoms with Crippen molar-refractivity contribution >= 4 is 11.9 Å². The quantitative estimate of drug-likeness (QED) is 0.584. The molecule has 5 nitrogen and oxygen atoms in total. The van der Waals surface area contributed by atoms with Crippen LogP contribution in [0, 0.1) is 0 Å². The summed E-state index contributed by atoms with van der Waals surface area (Å²) in [7, 11) is 0. The third-order valence-corrected chi connectivity index (χ3v) is 3.09. The smallest absolute Gasteiger partial charge is 0.339 e. The lowest BCUT2D eigenvalue weighted by atomic mass is 10.2. The first-order valence-corrected chi connectivity index (χ1v) is 6.83. The Kier molecular flexibility index (Phi) is 6.73. The summed E-state index contributed by atoms with van der Waals surface area (Å²) in [4.78, 5) is 24.9. The monoisotopic (exact) mass is 279 g/mol. The molecule has 1 N–H and O–H groups in total. The molecule has 0 fully saturated rings. The van der Waals surface area contributed by atoms with E-state index in [4.69, 9.17) is 9.84 Å². The van der Waals surface area contributed by atoms with Gasteiger partial charge in [0.25, 0.3) is 0 Å². The van der Waals surface area contributed by atoms with Gasteiger partial charge in [0, 0.05) is 6.42 Å². The minimum atomic E-state index is -1.10. The molecule has 0 aliphatic carbocycles. The summed E-state index contributed by atoms with van der Waals surface area (Å²) >= 11 is 0. The number of rotatable bonds is 8. The van der Waals surface area contributed by atoms with Gasteiger partial charge in [-0.05, 0) is 38.2 Å². The van der Waals surface area contributed by atoms with Crippen molar-refractivity contribution in [3.05, 3.63) is 29.8 Å². The molecule has 0 saturated carbocycles. The lowest BCUT2D eigenvalue weighted by Gasteiger charge is -2.17. The van der Waals surface area contributed by atoms with Crippen LogP contribution >= 0.6 is 0 Å². The fourth-order valence-corrected chi connectivity index (χ4v) is 1.89. The van der Waals surface area contributed by atoms with Gasteiger partial charge in [0.05, 0.1) is 0 Å². The molecule has 0 aliphatic rings. The van der Waals surface area contributed by atoms with Crippen LogP contribution in [0.4, 0.5) is 0 Å². The predicted octanol–water partition coefficient (Wildman–Crippen LogP) is 2.41. The zero-order valence-electron chi connectivity index (χ0n) is 12.0. The molecule has 0 saturated heterocycles. The minimum Gasteiger partial charge on any atom is -0.478 e. The van der Waals surface area contributed by atoms with Gasteiger partial charge in [-0.3, -0.25) is 4.79 Å². The number of ether oxygens (including phenoxy) is 1. The zero-order chi connectivity index (χ0) is 15.0. The number of para-hydroxylation sites is 1. The predicted molar refractivity (Wildman–Crippen MR) is 76.1 cm³/mol. The summed E-state index contributed by atoms with van der Waals surface area (Å²) in [6.07, 6.45) is 0.986. The molecule has 0 atom stereocenters. The van der Waals surface area contributed by atoms with E-state index in [0.717, 1.165) is 19.6 Å². The van der Waals surface area contributed by atoms with Crippen LogP contribution in [0.5, 0.6) is 5.75 Å². The van der Waals surface area contributed by atoms with Gasteiger partial charge in [-0.25, -0.2) is 4.79 Å². The first kappa shape index (κ1) is 16.2. The highest BCUT2D eigenvalue weighted by Crippen LogP contribution is 2.18. The average Bonchev–Trinajstić information content (AvgIpc) is 2.44. The Morgan fingerprint density at radius 1 is 1.20 bits per heavy atom. The average molecular weight is 279 g/mol. The fraction of sp³-hybridized carbons (Fsp3) is 0.467. The number of hydrogen-bond acceptors (Lipinski definition) is 4. The normalized spacial score (nSPS) is 10.6. The van der Waals surface area contributed by atoms with E-state index in [1.807, 2.05) is 0 Å². The van der Waals surface area contributed by atoms with Crippen LogP contribution in [0.2, 0.25) is 0 Å². The number of hydrogen-bond donors (Lipinski definition) is 1. The molecular weight excluding hydrogens is 258 g/mol. The van der Waals surface area contributed by atoms with Gasteiger partial charge in [0.2, 0.25) is 0 Å². The van der Waals surface area contributed by atoms with Gasteiger partial charge in [-0.2, -0.15) is 0 Å². The van der Waals surface area contributed by atoms with Crippen LogP contribution in [0.3, 0.4) is 0 Å². The van der Waals surface area contributed by atoms with Crippen molar-refractivity contribution in [2.45, 2.75) is 26.7 Å². The van der Waals surface area contributed by atoms with Crippen molar-refractivity contribution in [1.82, 2.24) is 4.90 Å². The van der Waals surface area contributed by atoms with Crippen molar-refractivity contribution in [2.75, 3.05) is 19.6 Å². The third kappa shape index (κ3) is 5.01. The Labute approximate surface area is 119 Å². The molecule has 1 aromatic carbocycles. The molecule has 0 radical (unpaired) electrons. The van der Waals surface area contributed by atoms with Gasteiger partial charge < -0.3 is 14.7 Å². The standard InChI is InChI=1S/C15H21NO4/c1-3-16(4-2)11-7-10-14(17)20-13-9-6-5-8-12(13)15(18)19/h5-6,8-9H,3-4,7,10-11H2,1-2H3,(H,18,19). The summed E-state index contributed by atoms with van der Waals surface area (Å²) in [5.74, 6) is -1.39. The Morgan fingerprint density at radius 3 is 2.45 bits per heavy atom.